The number of nitriles is 1. The summed E-state index contributed by atoms with van der Waals surface area (Å²) < 4.78 is 60.1. The number of aryl methyl sites for hydroxylation is 2. The molecule has 1 aliphatic heterocycles. The molecule has 1 aliphatic rings. The number of morpholine rings is 1. The number of benzene rings is 3. The van der Waals surface area contributed by atoms with E-state index < -0.39 is 28.8 Å². The Morgan fingerprint density at radius 3 is 2.42 bits per heavy atom. The molecule has 0 amide bonds. The lowest BCUT2D eigenvalue weighted by molar-refractivity contribution is -0.137. The number of pyridine rings is 1. The molecule has 3 aromatic carbocycles. The summed E-state index contributed by atoms with van der Waals surface area (Å²) >= 11 is 0. The topological polar surface area (TPSA) is 110 Å². The van der Waals surface area contributed by atoms with Crippen molar-refractivity contribution in [2.24, 2.45) is 0 Å². The standard InChI is InChI=1S/C38H35F3N4O5/c1-24-4-5-27(25(2)18-24)23-45-35(21-32(38(39,40)41)31(22-42)36(45)46)26-6-8-29(9-7-26)50-30-10-11-33-28(19-30)20-34(43-33)37(47)49-15-3-12-44-13-16-48-17-14-44/h4-11,18-21,43H,3,12-17,23H2,1-2H3. The summed E-state index contributed by atoms with van der Waals surface area (Å²) in [6, 6.07) is 21.2. The van der Waals surface area contributed by atoms with Crippen molar-refractivity contribution in [3.8, 4) is 28.8 Å². The molecule has 0 spiro atoms. The number of fused-ring (bicyclic) bond motifs is 1. The van der Waals surface area contributed by atoms with Gasteiger partial charge in [0.05, 0.1) is 37.6 Å². The summed E-state index contributed by atoms with van der Waals surface area (Å²) in [5, 5.41) is 10.3. The highest BCUT2D eigenvalue weighted by Gasteiger charge is 2.36. The van der Waals surface area contributed by atoms with Gasteiger partial charge >= 0.3 is 12.1 Å². The number of aromatic nitrogens is 2. The molecule has 9 nitrogen and oxygen atoms in total. The Morgan fingerprint density at radius 2 is 1.72 bits per heavy atom. The number of ether oxygens (including phenoxy) is 3. The molecular weight excluding hydrogens is 649 g/mol. The smallest absolute Gasteiger partial charge is 0.417 e. The van der Waals surface area contributed by atoms with Crippen LogP contribution in [0.5, 0.6) is 11.5 Å². The average molecular weight is 685 g/mol. The van der Waals surface area contributed by atoms with Crippen LogP contribution >= 0.6 is 0 Å². The highest BCUT2D eigenvalue weighted by molar-refractivity contribution is 5.95. The van der Waals surface area contributed by atoms with E-state index in [1.165, 1.54) is 10.6 Å². The molecule has 2 aromatic heterocycles. The summed E-state index contributed by atoms with van der Waals surface area (Å²) in [7, 11) is 0. The van der Waals surface area contributed by atoms with Gasteiger partial charge in [0.15, 0.2) is 0 Å². The van der Waals surface area contributed by atoms with Gasteiger partial charge in [-0.05, 0) is 91.6 Å². The molecule has 5 aromatic rings. The van der Waals surface area contributed by atoms with Crippen LogP contribution in [0.2, 0.25) is 0 Å². The summed E-state index contributed by atoms with van der Waals surface area (Å²) in [5.41, 5.74) is 0.745. The first kappa shape index (κ1) is 34.5. The zero-order valence-corrected chi connectivity index (χ0v) is 27.6. The van der Waals surface area contributed by atoms with E-state index in [1.807, 2.05) is 32.0 Å². The summed E-state index contributed by atoms with van der Waals surface area (Å²) in [5.74, 6) is 0.421. The van der Waals surface area contributed by atoms with E-state index in [-0.39, 0.29) is 12.2 Å². The van der Waals surface area contributed by atoms with Gasteiger partial charge in [0.1, 0.15) is 28.8 Å². The quantitative estimate of drug-likeness (QED) is 0.122. The van der Waals surface area contributed by atoms with Gasteiger partial charge in [-0.15, -0.1) is 0 Å². The number of carbonyl (C=O) groups is 1. The highest BCUT2D eigenvalue weighted by Crippen LogP contribution is 2.35. The number of H-pyrrole nitrogens is 1. The molecule has 1 fully saturated rings. The third-order valence-corrected chi connectivity index (χ3v) is 8.70. The summed E-state index contributed by atoms with van der Waals surface area (Å²) in [6.07, 6.45) is -4.18. The number of rotatable bonds is 10. The molecule has 0 unspecified atom stereocenters. The maximum atomic E-state index is 14.0. The first-order valence-electron chi connectivity index (χ1n) is 16.2. The fraction of sp³-hybridized carbons (Fsp3) is 0.289. The van der Waals surface area contributed by atoms with Gasteiger partial charge in [0, 0.05) is 30.5 Å². The minimum Gasteiger partial charge on any atom is -0.461 e. The van der Waals surface area contributed by atoms with Crippen molar-refractivity contribution >= 4 is 16.9 Å². The van der Waals surface area contributed by atoms with Crippen molar-refractivity contribution < 1.29 is 32.2 Å². The van der Waals surface area contributed by atoms with E-state index in [1.54, 1.807) is 48.5 Å². The van der Waals surface area contributed by atoms with Crippen molar-refractivity contribution in [2.45, 2.75) is 33.0 Å². The van der Waals surface area contributed by atoms with Crippen LogP contribution in [-0.2, 0) is 22.2 Å². The van der Waals surface area contributed by atoms with Crippen LogP contribution in [0.3, 0.4) is 0 Å². The summed E-state index contributed by atoms with van der Waals surface area (Å²) in [6.45, 7) is 8.08. The molecule has 0 atom stereocenters. The van der Waals surface area contributed by atoms with Crippen LogP contribution in [0.25, 0.3) is 22.2 Å². The molecule has 12 heteroatoms. The average Bonchev–Trinajstić information content (AvgIpc) is 3.52. The van der Waals surface area contributed by atoms with E-state index in [2.05, 4.69) is 9.88 Å². The number of carbonyl (C=O) groups excluding carboxylic acids is 1. The van der Waals surface area contributed by atoms with Crippen molar-refractivity contribution in [1.29, 1.82) is 5.26 Å². The second kappa shape index (κ2) is 14.6. The molecule has 1 N–H and O–H groups in total. The Bertz CT molecular complexity index is 2120. The zero-order valence-electron chi connectivity index (χ0n) is 27.6. The monoisotopic (exact) mass is 684 g/mol. The van der Waals surface area contributed by atoms with Crippen LogP contribution < -0.4 is 10.3 Å². The molecule has 0 radical (unpaired) electrons. The van der Waals surface area contributed by atoms with E-state index in [4.69, 9.17) is 14.2 Å². The molecule has 50 heavy (non-hydrogen) atoms. The van der Waals surface area contributed by atoms with Gasteiger partial charge in [0.2, 0.25) is 0 Å². The van der Waals surface area contributed by atoms with E-state index in [0.717, 1.165) is 59.7 Å². The normalized spacial score (nSPS) is 13.7. The van der Waals surface area contributed by atoms with Gasteiger partial charge in [-0.1, -0.05) is 23.8 Å². The second-order valence-corrected chi connectivity index (χ2v) is 12.3. The lowest BCUT2D eigenvalue weighted by atomic mass is 10.0. The third-order valence-electron chi connectivity index (χ3n) is 8.70. The van der Waals surface area contributed by atoms with Gasteiger partial charge < -0.3 is 23.8 Å². The lowest BCUT2D eigenvalue weighted by Crippen LogP contribution is -2.37. The minimum atomic E-state index is -4.91. The van der Waals surface area contributed by atoms with Gasteiger partial charge in [-0.3, -0.25) is 9.69 Å². The Balaban J connectivity index is 1.20. The first-order valence-corrected chi connectivity index (χ1v) is 16.2. The van der Waals surface area contributed by atoms with E-state index >= 15 is 0 Å². The third kappa shape index (κ3) is 7.75. The van der Waals surface area contributed by atoms with Crippen molar-refractivity contribution in [3.05, 3.63) is 117 Å². The fourth-order valence-corrected chi connectivity index (χ4v) is 6.04. The number of hydrogen-bond acceptors (Lipinski definition) is 7. The Kier molecular flexibility index (Phi) is 10.1. The number of nitrogens with one attached hydrogen (secondary N) is 1. The molecule has 258 valence electrons. The Hall–Kier alpha value is -5.38. The number of nitrogens with zero attached hydrogens (tertiary/aromatic N) is 3. The Labute approximate surface area is 286 Å². The molecule has 0 aliphatic carbocycles. The Morgan fingerprint density at radius 1 is 0.980 bits per heavy atom. The molecular formula is C38H35F3N4O5. The maximum absolute atomic E-state index is 14.0. The SMILES string of the molecule is Cc1ccc(Cn2c(-c3ccc(Oc4ccc5[nH]c(C(=O)OCCCN6CCOCC6)cc5c4)cc3)cc(C(F)(F)F)c(C#N)c2=O)c(C)c1. The zero-order chi connectivity index (χ0) is 35.4. The van der Waals surface area contributed by atoms with Crippen molar-refractivity contribution in [1.82, 2.24) is 14.5 Å². The number of alkyl halides is 3. The predicted octanol–water partition coefficient (Wildman–Crippen LogP) is 7.22. The first-order chi connectivity index (χ1) is 24.0. The van der Waals surface area contributed by atoms with Gasteiger partial charge in [-0.2, -0.15) is 18.4 Å². The molecule has 1 saturated heterocycles. The van der Waals surface area contributed by atoms with Gasteiger partial charge in [-0.25, -0.2) is 4.79 Å². The largest absolute Gasteiger partial charge is 0.461 e. The van der Waals surface area contributed by atoms with Crippen molar-refractivity contribution in [2.75, 3.05) is 39.5 Å². The number of hydrogen-bond donors (Lipinski definition) is 1. The number of esters is 1. The van der Waals surface area contributed by atoms with Crippen molar-refractivity contribution in [3.63, 3.8) is 0 Å². The van der Waals surface area contributed by atoms with Crippen LogP contribution in [0, 0.1) is 25.2 Å². The molecule has 6 rings (SSSR count). The number of aromatic amines is 1. The van der Waals surface area contributed by atoms with E-state index in [9.17, 15) is 28.0 Å². The fourth-order valence-electron chi connectivity index (χ4n) is 6.04. The highest BCUT2D eigenvalue weighted by atomic mass is 19.4. The molecule has 0 bridgehead atoms. The van der Waals surface area contributed by atoms with Crippen LogP contribution in [0.4, 0.5) is 13.2 Å². The predicted molar refractivity (Wildman–Crippen MR) is 181 cm³/mol. The van der Waals surface area contributed by atoms with Crippen LogP contribution in [-0.4, -0.2) is 59.9 Å². The number of halogens is 3. The molecule has 3 heterocycles. The van der Waals surface area contributed by atoms with Gasteiger partial charge in [0.25, 0.3) is 5.56 Å². The van der Waals surface area contributed by atoms with Crippen LogP contribution in [0.1, 0.15) is 44.7 Å². The maximum Gasteiger partial charge on any atom is 0.417 e. The molecule has 0 saturated carbocycles. The second-order valence-electron chi connectivity index (χ2n) is 12.3. The lowest BCUT2D eigenvalue weighted by Gasteiger charge is -2.26. The van der Waals surface area contributed by atoms with Crippen LogP contribution in [0.15, 0.2) is 77.6 Å². The minimum absolute atomic E-state index is 0.0158. The summed E-state index contributed by atoms with van der Waals surface area (Å²) in [4.78, 5) is 31.4. The van der Waals surface area contributed by atoms with E-state index in [0.29, 0.717) is 42.6 Å².